The molecular weight excluding hydrogens is 166 g/mol. The summed E-state index contributed by atoms with van der Waals surface area (Å²) >= 11 is 0. The standard InChI is InChI=1S/C10H13NO2/c1-8(13-11-9(2)12)10-6-4-3-5-7-10/h3-8H,1-2H3,(H,11,12). The van der Waals surface area contributed by atoms with Gasteiger partial charge < -0.3 is 0 Å². The van der Waals surface area contributed by atoms with Crippen molar-refractivity contribution >= 4 is 5.91 Å². The molecule has 0 aliphatic carbocycles. The Labute approximate surface area is 77.7 Å². The Balaban J connectivity index is 2.49. The summed E-state index contributed by atoms with van der Waals surface area (Å²) in [5.74, 6) is -0.192. The summed E-state index contributed by atoms with van der Waals surface area (Å²) in [7, 11) is 0. The smallest absolute Gasteiger partial charge is 0.240 e. The van der Waals surface area contributed by atoms with Crippen LogP contribution in [-0.2, 0) is 9.63 Å². The maximum atomic E-state index is 10.5. The van der Waals surface area contributed by atoms with Crippen molar-refractivity contribution in [3.05, 3.63) is 35.9 Å². The van der Waals surface area contributed by atoms with Gasteiger partial charge in [-0.25, -0.2) is 5.48 Å². The van der Waals surface area contributed by atoms with Crippen molar-refractivity contribution in [3.8, 4) is 0 Å². The molecule has 0 heterocycles. The van der Waals surface area contributed by atoms with Gasteiger partial charge in [-0.15, -0.1) is 0 Å². The minimum Gasteiger partial charge on any atom is -0.273 e. The monoisotopic (exact) mass is 179 g/mol. The molecule has 0 saturated carbocycles. The number of hydrogen-bond acceptors (Lipinski definition) is 2. The van der Waals surface area contributed by atoms with Crippen LogP contribution in [0.5, 0.6) is 0 Å². The average molecular weight is 179 g/mol. The molecule has 0 fully saturated rings. The van der Waals surface area contributed by atoms with Crippen molar-refractivity contribution in [2.24, 2.45) is 0 Å². The van der Waals surface area contributed by atoms with Gasteiger partial charge in [0.15, 0.2) is 0 Å². The Morgan fingerprint density at radius 3 is 2.54 bits per heavy atom. The van der Waals surface area contributed by atoms with Crippen molar-refractivity contribution in [2.75, 3.05) is 0 Å². The Kier molecular flexibility index (Phi) is 3.46. The van der Waals surface area contributed by atoms with Gasteiger partial charge >= 0.3 is 0 Å². The summed E-state index contributed by atoms with van der Waals surface area (Å²) in [5.41, 5.74) is 3.34. The molecule has 0 aromatic heterocycles. The number of carbonyl (C=O) groups is 1. The van der Waals surface area contributed by atoms with E-state index in [0.29, 0.717) is 0 Å². The highest BCUT2D eigenvalue weighted by molar-refractivity contribution is 5.71. The highest BCUT2D eigenvalue weighted by Crippen LogP contribution is 2.13. The van der Waals surface area contributed by atoms with Crippen molar-refractivity contribution in [1.29, 1.82) is 0 Å². The molecule has 1 atom stereocenters. The van der Waals surface area contributed by atoms with E-state index in [-0.39, 0.29) is 12.0 Å². The number of hydrogen-bond donors (Lipinski definition) is 1. The summed E-state index contributed by atoms with van der Waals surface area (Å²) in [5, 5.41) is 0. The second-order valence-electron chi connectivity index (χ2n) is 2.83. The van der Waals surface area contributed by atoms with Gasteiger partial charge in [-0.3, -0.25) is 9.63 Å². The molecule has 0 saturated heterocycles. The molecule has 1 N–H and O–H groups in total. The molecule has 0 bridgehead atoms. The molecule has 1 aromatic rings. The fraction of sp³-hybridized carbons (Fsp3) is 0.300. The van der Waals surface area contributed by atoms with E-state index in [2.05, 4.69) is 5.48 Å². The third-order valence-electron chi connectivity index (χ3n) is 1.65. The van der Waals surface area contributed by atoms with Crippen LogP contribution in [0.25, 0.3) is 0 Å². The zero-order valence-corrected chi connectivity index (χ0v) is 7.78. The summed E-state index contributed by atoms with van der Waals surface area (Å²) in [6, 6.07) is 9.71. The molecule has 3 heteroatoms. The van der Waals surface area contributed by atoms with Crippen molar-refractivity contribution in [2.45, 2.75) is 20.0 Å². The minimum atomic E-state index is -0.192. The summed E-state index contributed by atoms with van der Waals surface area (Å²) in [6.07, 6.45) is -0.120. The molecule has 0 radical (unpaired) electrons. The van der Waals surface area contributed by atoms with Crippen molar-refractivity contribution < 1.29 is 9.63 Å². The summed E-state index contributed by atoms with van der Waals surface area (Å²) in [6.45, 7) is 3.29. The maximum Gasteiger partial charge on any atom is 0.240 e. The first-order valence-electron chi connectivity index (χ1n) is 4.17. The lowest BCUT2D eigenvalue weighted by molar-refractivity contribution is -0.135. The number of benzene rings is 1. The van der Waals surface area contributed by atoms with Gasteiger partial charge in [0.25, 0.3) is 0 Å². The highest BCUT2D eigenvalue weighted by atomic mass is 16.7. The van der Waals surface area contributed by atoms with E-state index in [4.69, 9.17) is 4.84 Å². The van der Waals surface area contributed by atoms with E-state index in [1.165, 1.54) is 6.92 Å². The van der Waals surface area contributed by atoms with Crippen LogP contribution in [-0.4, -0.2) is 5.91 Å². The van der Waals surface area contributed by atoms with Gasteiger partial charge in [-0.05, 0) is 12.5 Å². The number of rotatable bonds is 3. The molecule has 1 rings (SSSR count). The maximum absolute atomic E-state index is 10.5. The van der Waals surface area contributed by atoms with Crippen LogP contribution < -0.4 is 5.48 Å². The zero-order chi connectivity index (χ0) is 9.68. The van der Waals surface area contributed by atoms with Gasteiger partial charge in [0.2, 0.25) is 5.91 Å². The van der Waals surface area contributed by atoms with Crippen LogP contribution >= 0.6 is 0 Å². The van der Waals surface area contributed by atoms with E-state index in [9.17, 15) is 4.79 Å². The molecule has 0 aliphatic rings. The molecule has 1 unspecified atom stereocenters. The third kappa shape index (κ3) is 3.25. The average Bonchev–Trinajstić information content (AvgIpc) is 2.15. The predicted molar refractivity (Wildman–Crippen MR) is 49.8 cm³/mol. The fourth-order valence-corrected chi connectivity index (χ4v) is 0.963. The molecule has 1 amide bonds. The first-order valence-corrected chi connectivity index (χ1v) is 4.17. The Morgan fingerprint density at radius 1 is 1.38 bits per heavy atom. The Bertz CT molecular complexity index is 272. The normalized spacial score (nSPS) is 12.2. The molecule has 1 aromatic carbocycles. The predicted octanol–water partition coefficient (Wildman–Crippen LogP) is 1.82. The summed E-state index contributed by atoms with van der Waals surface area (Å²) in [4.78, 5) is 15.6. The van der Waals surface area contributed by atoms with E-state index in [1.807, 2.05) is 37.3 Å². The summed E-state index contributed by atoms with van der Waals surface area (Å²) < 4.78 is 0. The van der Waals surface area contributed by atoms with Crippen LogP contribution in [0.15, 0.2) is 30.3 Å². The van der Waals surface area contributed by atoms with E-state index < -0.39 is 0 Å². The fourth-order valence-electron chi connectivity index (χ4n) is 0.963. The van der Waals surface area contributed by atoms with E-state index >= 15 is 0 Å². The first-order chi connectivity index (χ1) is 6.20. The number of hydroxylamine groups is 1. The highest BCUT2D eigenvalue weighted by Gasteiger charge is 2.04. The number of carbonyl (C=O) groups excluding carboxylic acids is 1. The Hall–Kier alpha value is -1.35. The SMILES string of the molecule is CC(=O)NOC(C)c1ccccc1. The quantitative estimate of drug-likeness (QED) is 0.719. The van der Waals surface area contributed by atoms with Gasteiger partial charge in [-0.2, -0.15) is 0 Å². The van der Waals surface area contributed by atoms with E-state index in [0.717, 1.165) is 5.56 Å². The van der Waals surface area contributed by atoms with Gasteiger partial charge in [0.1, 0.15) is 6.10 Å². The zero-order valence-electron chi connectivity index (χ0n) is 7.78. The lowest BCUT2D eigenvalue weighted by Gasteiger charge is -2.11. The minimum absolute atomic E-state index is 0.120. The van der Waals surface area contributed by atoms with Crippen LogP contribution in [0.2, 0.25) is 0 Å². The van der Waals surface area contributed by atoms with Crippen molar-refractivity contribution in [1.82, 2.24) is 5.48 Å². The van der Waals surface area contributed by atoms with Crippen molar-refractivity contribution in [3.63, 3.8) is 0 Å². The van der Waals surface area contributed by atoms with Crippen LogP contribution in [0.1, 0.15) is 25.5 Å². The molecule has 13 heavy (non-hydrogen) atoms. The van der Waals surface area contributed by atoms with Gasteiger partial charge in [0.05, 0.1) is 0 Å². The topological polar surface area (TPSA) is 38.3 Å². The second-order valence-corrected chi connectivity index (χ2v) is 2.83. The lowest BCUT2D eigenvalue weighted by Crippen LogP contribution is -2.21. The molecule has 70 valence electrons. The molecule has 0 aliphatic heterocycles. The second kappa shape index (κ2) is 4.62. The first kappa shape index (κ1) is 9.74. The van der Waals surface area contributed by atoms with Gasteiger partial charge in [-0.1, -0.05) is 30.3 Å². The largest absolute Gasteiger partial charge is 0.273 e. The number of amides is 1. The van der Waals surface area contributed by atoms with Crippen LogP contribution in [0.4, 0.5) is 0 Å². The van der Waals surface area contributed by atoms with Crippen LogP contribution in [0, 0.1) is 0 Å². The molecular formula is C10H13NO2. The lowest BCUT2D eigenvalue weighted by atomic mass is 10.1. The van der Waals surface area contributed by atoms with E-state index in [1.54, 1.807) is 0 Å². The third-order valence-corrected chi connectivity index (χ3v) is 1.65. The molecule has 0 spiro atoms. The number of nitrogens with one attached hydrogen (secondary N) is 1. The van der Waals surface area contributed by atoms with Crippen LogP contribution in [0.3, 0.4) is 0 Å². The Morgan fingerprint density at radius 2 is 2.00 bits per heavy atom. The molecule has 3 nitrogen and oxygen atoms in total. The van der Waals surface area contributed by atoms with Gasteiger partial charge in [0, 0.05) is 6.92 Å².